The van der Waals surface area contributed by atoms with Crippen LogP contribution in [0.4, 0.5) is 26.3 Å². The van der Waals surface area contributed by atoms with Gasteiger partial charge in [-0.15, -0.1) is 10.2 Å². The number of pyridine rings is 1. The molecule has 0 aliphatic carbocycles. The lowest BCUT2D eigenvalue weighted by Gasteiger charge is -2.13. The van der Waals surface area contributed by atoms with Crippen molar-refractivity contribution in [2.75, 3.05) is 6.54 Å². The van der Waals surface area contributed by atoms with Crippen molar-refractivity contribution in [1.82, 2.24) is 40.3 Å². The highest BCUT2D eigenvalue weighted by atomic mass is 19.4. The summed E-state index contributed by atoms with van der Waals surface area (Å²) in [5.74, 6) is -2.11. The van der Waals surface area contributed by atoms with Crippen molar-refractivity contribution < 1.29 is 41.0 Å². The Balaban J connectivity index is 0.00000549. The van der Waals surface area contributed by atoms with Crippen LogP contribution < -0.4 is 5.32 Å². The maximum absolute atomic E-state index is 13.7. The summed E-state index contributed by atoms with van der Waals surface area (Å²) in [7, 11) is 0. The zero-order chi connectivity index (χ0) is 39.8. The molecule has 0 radical (unpaired) electrons. The van der Waals surface area contributed by atoms with Crippen LogP contribution >= 0.6 is 0 Å². The number of nitrogens with one attached hydrogen (secondary N) is 1. The molecular weight excluding hydrogens is 754 g/mol. The van der Waals surface area contributed by atoms with E-state index in [0.29, 0.717) is 34.6 Å². The maximum Gasteiger partial charge on any atom is 0.417 e. The summed E-state index contributed by atoms with van der Waals surface area (Å²) in [6.45, 7) is 2.09. The molecule has 7 rings (SSSR count). The van der Waals surface area contributed by atoms with Gasteiger partial charge < -0.3 is 10.4 Å². The van der Waals surface area contributed by atoms with Crippen molar-refractivity contribution in [3.05, 3.63) is 138 Å². The van der Waals surface area contributed by atoms with Crippen LogP contribution in [0.5, 0.6) is 0 Å². The summed E-state index contributed by atoms with van der Waals surface area (Å²) in [5, 5.41) is 28.9. The minimum Gasteiger partial charge on any atom is -0.478 e. The Morgan fingerprint density at radius 2 is 1.16 bits per heavy atom. The molecule has 57 heavy (non-hydrogen) atoms. The molecule has 290 valence electrons. The second kappa shape index (κ2) is 15.5. The number of carboxylic acids is 1. The topological polar surface area (TPSA) is 141 Å². The molecule has 0 atom stereocenters. The van der Waals surface area contributed by atoms with Crippen LogP contribution in [0.15, 0.2) is 116 Å². The van der Waals surface area contributed by atoms with Gasteiger partial charge in [-0.2, -0.15) is 26.3 Å². The average Bonchev–Trinajstić information content (AvgIpc) is 3.89. The molecule has 11 nitrogen and oxygen atoms in total. The van der Waals surface area contributed by atoms with Crippen LogP contribution in [-0.2, 0) is 12.4 Å². The number of carbonyl (C=O) groups excluding carboxylic acids is 1. The molecule has 0 bridgehead atoms. The van der Waals surface area contributed by atoms with Gasteiger partial charge in [-0.3, -0.25) is 4.79 Å². The number of alkyl halides is 6. The first-order valence-electron chi connectivity index (χ1n) is 16.7. The molecule has 0 saturated carbocycles. The van der Waals surface area contributed by atoms with Crippen LogP contribution in [0.3, 0.4) is 0 Å². The smallest absolute Gasteiger partial charge is 0.417 e. The standard InChI is InChI=1S/C39H26F6N8O3.CH4/c1-2-46-36(54)26-18-32(34-20-52(50-48-34)28-10-4-7-23(15-28)22-6-3-9-27(14-22)38(40,41)42)47-33(19-26)35-21-53(51-49-35)29-11-5-8-24(16-29)25-12-13-30(37(55)56)31(17-25)39(43,44)45;/h3-21H,2H2,1H3,(H,46,54)(H,55,56);1H4. The number of carboxylic acid groups (broad SMARTS) is 1. The van der Waals surface area contributed by atoms with E-state index in [4.69, 9.17) is 0 Å². The van der Waals surface area contributed by atoms with Crippen LogP contribution in [0, 0.1) is 0 Å². The minimum absolute atomic E-state index is 0. The molecule has 1 amide bonds. The summed E-state index contributed by atoms with van der Waals surface area (Å²) in [6, 6.07) is 24.0. The Morgan fingerprint density at radius 1 is 0.649 bits per heavy atom. The lowest BCUT2D eigenvalue weighted by molar-refractivity contribution is -0.138. The van der Waals surface area contributed by atoms with Crippen molar-refractivity contribution in [2.24, 2.45) is 0 Å². The highest BCUT2D eigenvalue weighted by molar-refractivity contribution is 5.96. The maximum atomic E-state index is 13.7. The van der Waals surface area contributed by atoms with E-state index in [1.165, 1.54) is 39.8 Å². The van der Waals surface area contributed by atoms with Crippen molar-refractivity contribution in [2.45, 2.75) is 26.7 Å². The van der Waals surface area contributed by atoms with Gasteiger partial charge in [-0.1, -0.05) is 60.3 Å². The summed E-state index contributed by atoms with van der Waals surface area (Å²) >= 11 is 0. The van der Waals surface area contributed by atoms with E-state index < -0.39 is 40.9 Å². The zero-order valence-electron chi connectivity index (χ0n) is 28.8. The first kappa shape index (κ1) is 39.5. The number of rotatable bonds is 9. The summed E-state index contributed by atoms with van der Waals surface area (Å²) in [6.07, 6.45) is -6.34. The first-order valence-corrected chi connectivity index (χ1v) is 16.7. The van der Waals surface area contributed by atoms with E-state index in [2.05, 4.69) is 30.9 Å². The zero-order valence-corrected chi connectivity index (χ0v) is 28.8. The number of carbonyl (C=O) groups is 2. The van der Waals surface area contributed by atoms with Crippen LogP contribution in [0.25, 0.3) is 56.4 Å². The lowest BCUT2D eigenvalue weighted by atomic mass is 9.98. The van der Waals surface area contributed by atoms with Gasteiger partial charge in [0.25, 0.3) is 5.91 Å². The Kier molecular flexibility index (Phi) is 10.8. The molecule has 4 aromatic carbocycles. The molecule has 2 N–H and O–H groups in total. The van der Waals surface area contributed by atoms with Crippen molar-refractivity contribution in [1.29, 1.82) is 0 Å². The fraction of sp³-hybridized carbons (Fsp3) is 0.125. The van der Waals surface area contributed by atoms with E-state index in [-0.39, 0.29) is 41.3 Å². The highest BCUT2D eigenvalue weighted by Gasteiger charge is 2.36. The molecule has 3 heterocycles. The minimum atomic E-state index is -4.90. The molecular formula is C40H30F6N8O3. The number of aromatic nitrogens is 7. The van der Waals surface area contributed by atoms with E-state index in [1.807, 2.05) is 0 Å². The second-order valence-corrected chi connectivity index (χ2v) is 12.3. The third-order valence-corrected chi connectivity index (χ3v) is 8.57. The van der Waals surface area contributed by atoms with Gasteiger partial charge >= 0.3 is 18.3 Å². The van der Waals surface area contributed by atoms with Gasteiger partial charge in [0.1, 0.15) is 11.4 Å². The third kappa shape index (κ3) is 8.41. The van der Waals surface area contributed by atoms with E-state index in [0.717, 1.165) is 24.3 Å². The predicted molar refractivity (Wildman–Crippen MR) is 198 cm³/mol. The Morgan fingerprint density at radius 3 is 1.65 bits per heavy atom. The van der Waals surface area contributed by atoms with Crippen LogP contribution in [0.1, 0.15) is 46.2 Å². The van der Waals surface area contributed by atoms with Crippen LogP contribution in [-0.4, -0.2) is 58.5 Å². The number of aromatic carboxylic acids is 1. The average molecular weight is 785 g/mol. The fourth-order valence-electron chi connectivity index (χ4n) is 5.88. The number of amides is 1. The monoisotopic (exact) mass is 784 g/mol. The molecule has 0 saturated heterocycles. The van der Waals surface area contributed by atoms with E-state index >= 15 is 0 Å². The molecule has 0 spiro atoms. The Labute approximate surface area is 320 Å². The number of benzene rings is 4. The van der Waals surface area contributed by atoms with Crippen LogP contribution in [0.2, 0.25) is 0 Å². The lowest BCUT2D eigenvalue weighted by Crippen LogP contribution is -2.22. The molecule has 0 aliphatic rings. The summed E-state index contributed by atoms with van der Waals surface area (Å²) < 4.78 is 84.0. The van der Waals surface area contributed by atoms with E-state index in [9.17, 15) is 41.0 Å². The van der Waals surface area contributed by atoms with Gasteiger partial charge in [-0.05, 0) is 89.8 Å². The number of hydrogen-bond donors (Lipinski definition) is 2. The summed E-state index contributed by atoms with van der Waals surface area (Å²) in [4.78, 5) is 29.2. The van der Waals surface area contributed by atoms with Gasteiger partial charge in [-0.25, -0.2) is 19.1 Å². The number of nitrogens with zero attached hydrogens (tertiary/aromatic N) is 7. The van der Waals surface area contributed by atoms with Crippen molar-refractivity contribution in [3.8, 4) is 56.4 Å². The van der Waals surface area contributed by atoms with Crippen molar-refractivity contribution >= 4 is 11.9 Å². The molecule has 3 aromatic heterocycles. The molecule has 0 fully saturated rings. The van der Waals surface area contributed by atoms with Gasteiger partial charge in [0.15, 0.2) is 0 Å². The molecule has 0 aliphatic heterocycles. The van der Waals surface area contributed by atoms with Gasteiger partial charge in [0, 0.05) is 12.1 Å². The van der Waals surface area contributed by atoms with Crippen molar-refractivity contribution in [3.63, 3.8) is 0 Å². The largest absolute Gasteiger partial charge is 0.478 e. The Bertz CT molecular complexity index is 2620. The SMILES string of the molecule is C.CCNC(=O)c1cc(-c2cn(-c3cccc(-c4cccc(C(F)(F)F)c4)c3)nn2)nc(-c2cn(-c3cccc(-c4ccc(C(=O)O)c(C(F)(F)F)c4)c3)nn2)c1. The third-order valence-electron chi connectivity index (χ3n) is 8.57. The molecule has 0 unspecified atom stereocenters. The second-order valence-electron chi connectivity index (χ2n) is 12.3. The van der Waals surface area contributed by atoms with E-state index in [1.54, 1.807) is 67.7 Å². The number of halogens is 6. The fourth-order valence-corrected chi connectivity index (χ4v) is 5.88. The highest BCUT2D eigenvalue weighted by Crippen LogP contribution is 2.36. The first-order chi connectivity index (χ1) is 26.7. The normalized spacial score (nSPS) is 11.6. The van der Waals surface area contributed by atoms with Gasteiger partial charge in [0.05, 0.1) is 51.8 Å². The van der Waals surface area contributed by atoms with Gasteiger partial charge in [0.2, 0.25) is 0 Å². The number of hydrogen-bond acceptors (Lipinski definition) is 7. The Hall–Kier alpha value is -7.17. The predicted octanol–water partition coefficient (Wildman–Crippen LogP) is 9.03. The molecule has 7 aromatic rings. The summed E-state index contributed by atoms with van der Waals surface area (Å²) in [5.41, 5.74) is 0.495. The quantitative estimate of drug-likeness (QED) is 0.138. The molecule has 17 heteroatoms.